The van der Waals surface area contributed by atoms with Crippen LogP contribution in [-0.4, -0.2) is 7.85 Å². The van der Waals surface area contributed by atoms with Gasteiger partial charge in [-0.2, -0.15) is 0 Å². The molecule has 0 amide bonds. The van der Waals surface area contributed by atoms with Gasteiger partial charge in [-0.05, 0) is 11.1 Å². The summed E-state index contributed by atoms with van der Waals surface area (Å²) in [7, 11) is 5.57. The van der Waals surface area contributed by atoms with E-state index < -0.39 is 0 Å². The number of halogens is 2. The van der Waals surface area contributed by atoms with Crippen LogP contribution in [0, 0.1) is 0 Å². The van der Waals surface area contributed by atoms with Crippen LogP contribution in [0.15, 0.2) is 18.2 Å². The summed E-state index contributed by atoms with van der Waals surface area (Å²) in [6, 6.07) is 6.42. The Morgan fingerprint density at radius 1 is 0.917 bits per heavy atom. The third-order valence-electron chi connectivity index (χ3n) is 1.66. The van der Waals surface area contributed by atoms with Crippen LogP contribution in [0.5, 0.6) is 0 Å². The van der Waals surface area contributed by atoms with Crippen LogP contribution in [0.2, 0.25) is 0 Å². The molecule has 0 spiro atoms. The highest BCUT2D eigenvalue weighted by molar-refractivity contribution is 9.08. The predicted molar refractivity (Wildman–Crippen MR) is 61.2 cm³/mol. The lowest BCUT2D eigenvalue weighted by Gasteiger charge is -2.04. The van der Waals surface area contributed by atoms with Crippen molar-refractivity contribution >= 4 is 39.7 Å². The molecule has 2 radical (unpaired) electrons. The van der Waals surface area contributed by atoms with Gasteiger partial charge < -0.3 is 0 Å². The molecular weight excluding hydrogens is 279 g/mol. The normalized spacial score (nSPS) is 10.2. The summed E-state index contributed by atoms with van der Waals surface area (Å²) < 4.78 is 0. The molecule has 12 heavy (non-hydrogen) atoms. The van der Waals surface area contributed by atoms with Crippen molar-refractivity contribution in [3.63, 3.8) is 0 Å². The summed E-state index contributed by atoms with van der Waals surface area (Å²) in [5, 5.41) is 1.78. The molecule has 3 heteroatoms. The lowest BCUT2D eigenvalue weighted by atomic mass is 9.94. The van der Waals surface area contributed by atoms with Gasteiger partial charge in [0.1, 0.15) is 0 Å². The predicted octanol–water partition coefficient (Wildman–Crippen LogP) is 3.14. The van der Waals surface area contributed by atoms with Crippen LogP contribution in [0.1, 0.15) is 16.7 Å². The van der Waals surface area contributed by atoms with E-state index >= 15 is 0 Å². The molecule has 0 bridgehead atoms. The molecule has 0 saturated carbocycles. The van der Waals surface area contributed by atoms with Crippen LogP contribution in [-0.2, 0) is 17.0 Å². The molecule has 0 fully saturated rings. The fraction of sp³-hybridized carbons (Fsp3) is 0.333. The molecule has 0 aliphatic heterocycles. The molecule has 62 valence electrons. The molecule has 0 atom stereocenters. The number of hydrogen-bond acceptors (Lipinski definition) is 0. The SMILES string of the molecule is [B]Cc1cc(CBr)cc(CBr)c1. The van der Waals surface area contributed by atoms with Gasteiger partial charge in [-0.15, -0.1) is 0 Å². The monoisotopic (exact) mass is 286 g/mol. The van der Waals surface area contributed by atoms with Gasteiger partial charge in [-0.25, -0.2) is 0 Å². The molecule has 0 unspecified atom stereocenters. The van der Waals surface area contributed by atoms with Crippen molar-refractivity contribution < 1.29 is 0 Å². The summed E-state index contributed by atoms with van der Waals surface area (Å²) in [6.07, 6.45) is 0.612. The summed E-state index contributed by atoms with van der Waals surface area (Å²) in [5.74, 6) is 0. The van der Waals surface area contributed by atoms with Crippen molar-refractivity contribution in [2.24, 2.45) is 0 Å². The smallest absolute Gasteiger partial charge is 0.0716 e. The van der Waals surface area contributed by atoms with Crippen LogP contribution in [0.3, 0.4) is 0 Å². The second kappa shape index (κ2) is 5.08. The molecule has 0 nitrogen and oxygen atoms in total. The zero-order valence-electron chi connectivity index (χ0n) is 6.69. The Bertz CT molecular complexity index is 205. The molecule has 1 rings (SSSR count). The molecule has 0 aliphatic rings. The van der Waals surface area contributed by atoms with Crippen LogP contribution < -0.4 is 0 Å². The third-order valence-corrected chi connectivity index (χ3v) is 2.95. The third kappa shape index (κ3) is 2.63. The van der Waals surface area contributed by atoms with E-state index in [1.54, 1.807) is 0 Å². The van der Waals surface area contributed by atoms with E-state index in [1.807, 2.05) is 0 Å². The first-order chi connectivity index (χ1) is 5.80. The van der Waals surface area contributed by atoms with Gasteiger partial charge in [-0.3, -0.25) is 0 Å². The van der Waals surface area contributed by atoms with E-state index in [0.29, 0.717) is 6.32 Å². The highest BCUT2D eigenvalue weighted by Crippen LogP contribution is 2.15. The Labute approximate surface area is 91.4 Å². The van der Waals surface area contributed by atoms with Crippen molar-refractivity contribution in [3.05, 3.63) is 34.9 Å². The minimum Gasteiger partial charge on any atom is -0.0876 e. The zero-order valence-corrected chi connectivity index (χ0v) is 9.86. The first-order valence-electron chi connectivity index (χ1n) is 3.74. The maximum absolute atomic E-state index is 5.57. The maximum Gasteiger partial charge on any atom is 0.0716 e. The van der Waals surface area contributed by atoms with Crippen LogP contribution in [0.25, 0.3) is 0 Å². The van der Waals surface area contributed by atoms with Crippen molar-refractivity contribution in [2.45, 2.75) is 17.0 Å². The minimum atomic E-state index is 0.612. The lowest BCUT2D eigenvalue weighted by molar-refractivity contribution is 1.27. The van der Waals surface area contributed by atoms with Gasteiger partial charge in [0, 0.05) is 10.7 Å². The van der Waals surface area contributed by atoms with Gasteiger partial charge >= 0.3 is 0 Å². The summed E-state index contributed by atoms with van der Waals surface area (Å²) >= 11 is 6.86. The zero-order chi connectivity index (χ0) is 8.97. The number of alkyl halides is 2. The number of hydrogen-bond donors (Lipinski definition) is 0. The summed E-state index contributed by atoms with van der Waals surface area (Å²) in [6.45, 7) is 0. The Balaban J connectivity index is 3.01. The number of rotatable bonds is 3. The standard InChI is InChI=1S/C9H9BBr2/c10-4-7-1-8(5-11)3-9(2-7)6-12/h1-3H,4-6H2. The molecule has 0 heterocycles. The van der Waals surface area contributed by atoms with Gasteiger partial charge in [0.05, 0.1) is 7.85 Å². The van der Waals surface area contributed by atoms with Crippen molar-refractivity contribution in [2.75, 3.05) is 0 Å². The molecule has 0 aromatic heterocycles. The largest absolute Gasteiger partial charge is 0.0876 e. The molecule has 0 N–H and O–H groups in total. The molecule has 0 saturated heterocycles. The highest BCUT2D eigenvalue weighted by Gasteiger charge is 1.97. The second-order valence-electron chi connectivity index (χ2n) is 2.63. The van der Waals surface area contributed by atoms with E-state index in [1.165, 1.54) is 16.7 Å². The average molecular weight is 288 g/mol. The van der Waals surface area contributed by atoms with Gasteiger partial charge in [0.2, 0.25) is 0 Å². The number of benzene rings is 1. The van der Waals surface area contributed by atoms with E-state index in [2.05, 4.69) is 50.1 Å². The second-order valence-corrected chi connectivity index (χ2v) is 3.75. The van der Waals surface area contributed by atoms with E-state index in [9.17, 15) is 0 Å². The van der Waals surface area contributed by atoms with E-state index in [0.717, 1.165) is 10.7 Å². The molecule has 1 aromatic rings. The Morgan fingerprint density at radius 3 is 1.67 bits per heavy atom. The van der Waals surface area contributed by atoms with E-state index in [-0.39, 0.29) is 0 Å². The first kappa shape index (κ1) is 10.3. The Hall–Kier alpha value is 0.245. The van der Waals surface area contributed by atoms with Gasteiger partial charge in [0.25, 0.3) is 0 Å². The fourth-order valence-electron chi connectivity index (χ4n) is 1.11. The molecular formula is C9H9BBr2. The quantitative estimate of drug-likeness (QED) is 0.592. The van der Waals surface area contributed by atoms with Gasteiger partial charge in [0.15, 0.2) is 0 Å². The topological polar surface area (TPSA) is 0 Å². The Kier molecular flexibility index (Phi) is 4.37. The highest BCUT2D eigenvalue weighted by atomic mass is 79.9. The lowest BCUT2D eigenvalue weighted by Crippen LogP contribution is -1.90. The van der Waals surface area contributed by atoms with Crippen molar-refractivity contribution in [1.29, 1.82) is 0 Å². The van der Waals surface area contributed by atoms with E-state index in [4.69, 9.17) is 7.85 Å². The van der Waals surface area contributed by atoms with Crippen LogP contribution >= 0.6 is 31.9 Å². The maximum atomic E-state index is 5.57. The van der Waals surface area contributed by atoms with Crippen molar-refractivity contribution in [3.8, 4) is 0 Å². The Morgan fingerprint density at radius 2 is 1.33 bits per heavy atom. The summed E-state index contributed by atoms with van der Waals surface area (Å²) in [5.41, 5.74) is 3.77. The minimum absolute atomic E-state index is 0.612. The van der Waals surface area contributed by atoms with Crippen molar-refractivity contribution in [1.82, 2.24) is 0 Å². The van der Waals surface area contributed by atoms with Crippen LogP contribution in [0.4, 0.5) is 0 Å². The van der Waals surface area contributed by atoms with Gasteiger partial charge in [-0.1, -0.05) is 61.9 Å². The molecule has 1 aromatic carbocycles. The first-order valence-corrected chi connectivity index (χ1v) is 5.98. The fourth-order valence-corrected chi connectivity index (χ4v) is 1.76. The average Bonchev–Trinajstić information content (AvgIpc) is 2.16. The summed E-state index contributed by atoms with van der Waals surface area (Å²) in [4.78, 5) is 0. The molecule has 0 aliphatic carbocycles.